The third-order valence-corrected chi connectivity index (χ3v) is 12.9. The van der Waals surface area contributed by atoms with E-state index in [0.717, 1.165) is 18.3 Å². The highest BCUT2D eigenvalue weighted by molar-refractivity contribution is 4.90. The minimum absolute atomic E-state index is 0.513. The average molecular weight is 702 g/mol. The van der Waals surface area contributed by atoms with Crippen molar-refractivity contribution in [2.45, 2.75) is 284 Å². The highest BCUT2D eigenvalue weighted by Crippen LogP contribution is 2.50. The van der Waals surface area contributed by atoms with E-state index < -0.39 is 0 Å². The molecule has 0 radical (unpaired) electrons. The minimum Gasteiger partial charge on any atom is -0.151 e. The first-order valence-corrected chi connectivity index (χ1v) is 23.9. The largest absolute Gasteiger partial charge is 0.151 e. The molecule has 0 amide bonds. The van der Waals surface area contributed by atoms with E-state index in [4.69, 9.17) is 0 Å². The summed E-state index contributed by atoms with van der Waals surface area (Å²) in [4.78, 5) is 10.1. The Bertz CT molecular complexity index is 673. The fourth-order valence-corrected chi connectivity index (χ4v) is 9.41. The zero-order valence-electron chi connectivity index (χ0n) is 35.2. The number of hydrogen-bond donors (Lipinski definition) is 0. The lowest BCUT2D eigenvalue weighted by Crippen LogP contribution is -2.22. The Hall–Kier alpha value is -0.400. The maximum absolute atomic E-state index is 10.1. The molecule has 1 aliphatic rings. The van der Waals surface area contributed by atoms with Crippen molar-refractivity contribution in [3.63, 3.8) is 0 Å². The predicted octanol–water partition coefficient (Wildman–Crippen LogP) is 18.0. The summed E-state index contributed by atoms with van der Waals surface area (Å²) < 4.78 is 0. The smallest absolute Gasteiger partial charge is 0.0811 e. The molecule has 2 nitrogen and oxygen atoms in total. The quantitative estimate of drug-likeness (QED) is 0.0461. The summed E-state index contributed by atoms with van der Waals surface area (Å²) in [5.41, 5.74) is 0.600. The topological polar surface area (TPSA) is 29.4 Å². The van der Waals surface area contributed by atoms with Gasteiger partial charge in [-0.05, 0) is 42.9 Å². The van der Waals surface area contributed by atoms with Gasteiger partial charge in [-0.2, -0.15) is 4.91 Å². The van der Waals surface area contributed by atoms with E-state index in [1.807, 2.05) is 0 Å². The number of unbranched alkanes of at least 4 members (excludes halogenated alkanes) is 35. The van der Waals surface area contributed by atoms with Crippen LogP contribution >= 0.6 is 0 Å². The number of nitroso groups, excluding NO2 is 1. The molecule has 298 valence electrons. The Morgan fingerprint density at radius 3 is 1.00 bits per heavy atom. The molecule has 0 bridgehead atoms. The zero-order chi connectivity index (χ0) is 36.1. The standard InChI is InChI=1S/C48H95NO/c1-4-5-6-7-8-9-26-30-33-36-39-42-47-46(43-44-48(47,2)3)41-38-35-32-29-27-24-22-20-18-16-14-12-10-11-13-15-17-19-21-23-25-28-31-34-37-40-45-49-50/h46-47H,4-45H2,1-3H3. The van der Waals surface area contributed by atoms with Gasteiger partial charge in [-0.3, -0.25) is 0 Å². The molecule has 0 aliphatic heterocycles. The van der Waals surface area contributed by atoms with Crippen molar-refractivity contribution < 1.29 is 0 Å². The lowest BCUT2D eigenvalue weighted by atomic mass is 9.74. The first kappa shape index (κ1) is 47.6. The molecule has 0 aromatic rings. The molecule has 2 unspecified atom stereocenters. The maximum atomic E-state index is 10.1. The van der Waals surface area contributed by atoms with Gasteiger partial charge in [0.25, 0.3) is 0 Å². The summed E-state index contributed by atoms with van der Waals surface area (Å²) in [7, 11) is 0. The van der Waals surface area contributed by atoms with E-state index in [-0.39, 0.29) is 0 Å². The van der Waals surface area contributed by atoms with Crippen LogP contribution in [-0.2, 0) is 0 Å². The van der Waals surface area contributed by atoms with Crippen molar-refractivity contribution in [3.05, 3.63) is 4.91 Å². The third-order valence-electron chi connectivity index (χ3n) is 12.9. The number of rotatable bonds is 41. The van der Waals surface area contributed by atoms with Gasteiger partial charge < -0.3 is 0 Å². The van der Waals surface area contributed by atoms with E-state index in [0.29, 0.717) is 12.0 Å². The van der Waals surface area contributed by atoms with Crippen molar-refractivity contribution in [1.29, 1.82) is 0 Å². The molecule has 1 rings (SSSR count). The number of hydrogen-bond acceptors (Lipinski definition) is 2. The molecule has 0 heterocycles. The van der Waals surface area contributed by atoms with Crippen LogP contribution in [0.15, 0.2) is 5.18 Å². The van der Waals surface area contributed by atoms with Gasteiger partial charge in [-0.1, -0.05) is 264 Å². The van der Waals surface area contributed by atoms with Crippen LogP contribution in [0.3, 0.4) is 0 Å². The first-order valence-electron chi connectivity index (χ1n) is 23.9. The van der Waals surface area contributed by atoms with E-state index in [9.17, 15) is 4.91 Å². The maximum Gasteiger partial charge on any atom is 0.0811 e. The molecule has 1 aliphatic carbocycles. The summed E-state index contributed by atoms with van der Waals surface area (Å²) in [5, 5.41) is 2.94. The molecular weight excluding hydrogens is 607 g/mol. The molecule has 1 saturated carbocycles. The van der Waals surface area contributed by atoms with Gasteiger partial charge in [0.15, 0.2) is 0 Å². The van der Waals surface area contributed by atoms with E-state index in [1.54, 1.807) is 0 Å². The summed E-state index contributed by atoms with van der Waals surface area (Å²) in [5.74, 6) is 2.03. The van der Waals surface area contributed by atoms with Crippen LogP contribution in [-0.4, -0.2) is 6.54 Å². The van der Waals surface area contributed by atoms with Gasteiger partial charge in [0.1, 0.15) is 0 Å². The molecule has 2 atom stereocenters. The van der Waals surface area contributed by atoms with Crippen molar-refractivity contribution in [1.82, 2.24) is 0 Å². The minimum atomic E-state index is 0.513. The Morgan fingerprint density at radius 1 is 0.400 bits per heavy atom. The Balaban J connectivity index is 1.80. The van der Waals surface area contributed by atoms with Crippen LogP contribution in [0.1, 0.15) is 284 Å². The van der Waals surface area contributed by atoms with Gasteiger partial charge in [0.2, 0.25) is 0 Å². The van der Waals surface area contributed by atoms with Gasteiger partial charge in [0, 0.05) is 0 Å². The van der Waals surface area contributed by atoms with Crippen LogP contribution < -0.4 is 0 Å². The molecule has 0 spiro atoms. The molecule has 0 saturated heterocycles. The summed E-state index contributed by atoms with van der Waals surface area (Å²) in [6.45, 7) is 8.01. The second kappa shape index (κ2) is 36.9. The normalized spacial score (nSPS) is 17.2. The summed E-state index contributed by atoms with van der Waals surface area (Å²) >= 11 is 0. The number of nitrogens with zero attached hydrogens (tertiary/aromatic N) is 1. The Morgan fingerprint density at radius 2 is 0.680 bits per heavy atom. The predicted molar refractivity (Wildman–Crippen MR) is 226 cm³/mol. The van der Waals surface area contributed by atoms with E-state index >= 15 is 0 Å². The second-order valence-corrected chi connectivity index (χ2v) is 18.1. The fourth-order valence-electron chi connectivity index (χ4n) is 9.41. The average Bonchev–Trinajstić information content (AvgIpc) is 3.40. The fraction of sp³-hybridized carbons (Fsp3) is 1.00. The lowest BCUT2D eigenvalue weighted by molar-refractivity contribution is 0.189. The van der Waals surface area contributed by atoms with E-state index in [1.165, 1.54) is 257 Å². The van der Waals surface area contributed by atoms with Crippen LogP contribution in [0.25, 0.3) is 0 Å². The second-order valence-electron chi connectivity index (χ2n) is 18.1. The summed E-state index contributed by atoms with van der Waals surface area (Å²) in [6.07, 6.45) is 59.3. The lowest BCUT2D eigenvalue weighted by Gasteiger charge is -2.31. The van der Waals surface area contributed by atoms with Crippen LogP contribution in [0.4, 0.5) is 0 Å². The van der Waals surface area contributed by atoms with Gasteiger partial charge in [-0.15, -0.1) is 0 Å². The van der Waals surface area contributed by atoms with Crippen LogP contribution in [0, 0.1) is 22.2 Å². The van der Waals surface area contributed by atoms with Gasteiger partial charge in [0.05, 0.1) is 6.54 Å². The SMILES string of the molecule is CCCCCCCCCCCCCC1C(CCCCCCCCCCCCCCCCCCCCCCCCCCCCN=O)CCC1(C)C. The monoisotopic (exact) mass is 702 g/mol. The molecule has 2 heteroatoms. The van der Waals surface area contributed by atoms with Crippen LogP contribution in [0.2, 0.25) is 0 Å². The first-order chi connectivity index (χ1) is 24.6. The van der Waals surface area contributed by atoms with Crippen molar-refractivity contribution in [2.24, 2.45) is 22.4 Å². The molecular formula is C48H95NO. The van der Waals surface area contributed by atoms with Crippen molar-refractivity contribution in [2.75, 3.05) is 6.54 Å². The van der Waals surface area contributed by atoms with Crippen molar-refractivity contribution >= 4 is 0 Å². The zero-order valence-corrected chi connectivity index (χ0v) is 35.2. The molecule has 1 fully saturated rings. The Kier molecular flexibility index (Phi) is 35.2. The Labute approximate surface area is 317 Å². The molecule has 50 heavy (non-hydrogen) atoms. The third kappa shape index (κ3) is 30.1. The highest BCUT2D eigenvalue weighted by Gasteiger charge is 2.40. The molecule has 0 aromatic heterocycles. The molecule has 0 N–H and O–H groups in total. The summed E-state index contributed by atoms with van der Waals surface area (Å²) in [6, 6.07) is 0. The highest BCUT2D eigenvalue weighted by atomic mass is 16.3. The van der Waals surface area contributed by atoms with Crippen LogP contribution in [0.5, 0.6) is 0 Å². The van der Waals surface area contributed by atoms with Gasteiger partial charge in [-0.25, -0.2) is 0 Å². The van der Waals surface area contributed by atoms with Gasteiger partial charge >= 0.3 is 0 Å². The van der Waals surface area contributed by atoms with E-state index in [2.05, 4.69) is 25.9 Å². The van der Waals surface area contributed by atoms with Crippen molar-refractivity contribution in [3.8, 4) is 0 Å². The molecule has 0 aromatic carbocycles.